The molecule has 0 bridgehead atoms. The summed E-state index contributed by atoms with van der Waals surface area (Å²) in [4.78, 5) is 19.5. The average molecular weight is 311 g/mol. The zero-order valence-electron chi connectivity index (χ0n) is 12.5. The van der Waals surface area contributed by atoms with Gasteiger partial charge in [0.2, 0.25) is 0 Å². The van der Waals surface area contributed by atoms with Gasteiger partial charge in [-0.05, 0) is 36.6 Å². The van der Waals surface area contributed by atoms with Crippen molar-refractivity contribution in [2.24, 2.45) is 0 Å². The minimum absolute atomic E-state index is 0.233. The standard InChI is InChI=1S/C16H17N5O2/c22-15-2-1-5-21-14(15)7-13(20-21)16(23)17-8-10-3-4-11-12(6-10)19-9-18-11/h3-4,6-7,9,15,22H,1-2,5,8H2,(H,17,23)(H,18,19). The van der Waals surface area contributed by atoms with E-state index in [-0.39, 0.29) is 5.91 Å². The highest BCUT2D eigenvalue weighted by molar-refractivity contribution is 5.92. The van der Waals surface area contributed by atoms with Gasteiger partial charge < -0.3 is 15.4 Å². The van der Waals surface area contributed by atoms with Gasteiger partial charge in [-0.3, -0.25) is 9.48 Å². The van der Waals surface area contributed by atoms with Crippen LogP contribution in [0.2, 0.25) is 0 Å². The Labute approximate surface area is 132 Å². The van der Waals surface area contributed by atoms with Gasteiger partial charge in [0.15, 0.2) is 5.69 Å². The summed E-state index contributed by atoms with van der Waals surface area (Å²) in [6.07, 6.45) is 2.71. The number of hydrogen-bond acceptors (Lipinski definition) is 4. The maximum atomic E-state index is 12.3. The predicted octanol–water partition coefficient (Wildman–Crippen LogP) is 1.52. The number of nitrogens with zero attached hydrogens (tertiary/aromatic N) is 3. The molecule has 0 saturated heterocycles. The first-order valence-corrected chi connectivity index (χ1v) is 7.67. The van der Waals surface area contributed by atoms with Crippen molar-refractivity contribution in [2.75, 3.05) is 0 Å². The molecule has 1 amide bonds. The minimum Gasteiger partial charge on any atom is -0.387 e. The molecule has 1 aliphatic heterocycles. The molecule has 23 heavy (non-hydrogen) atoms. The molecule has 0 saturated carbocycles. The topological polar surface area (TPSA) is 95.8 Å². The van der Waals surface area contributed by atoms with Gasteiger partial charge >= 0.3 is 0 Å². The van der Waals surface area contributed by atoms with E-state index < -0.39 is 6.10 Å². The van der Waals surface area contributed by atoms with Crippen LogP contribution in [0.3, 0.4) is 0 Å². The average Bonchev–Trinajstić information content (AvgIpc) is 3.19. The van der Waals surface area contributed by atoms with E-state index in [1.807, 2.05) is 18.2 Å². The number of benzene rings is 1. The fraction of sp³-hybridized carbons (Fsp3) is 0.312. The van der Waals surface area contributed by atoms with Crippen LogP contribution >= 0.6 is 0 Å². The highest BCUT2D eigenvalue weighted by Gasteiger charge is 2.22. The quantitative estimate of drug-likeness (QED) is 0.683. The highest BCUT2D eigenvalue weighted by atomic mass is 16.3. The molecule has 118 valence electrons. The molecule has 0 fully saturated rings. The number of carbonyl (C=O) groups is 1. The van der Waals surface area contributed by atoms with Crippen LogP contribution in [0.25, 0.3) is 11.0 Å². The van der Waals surface area contributed by atoms with Gasteiger partial charge in [0.25, 0.3) is 5.91 Å². The molecule has 7 nitrogen and oxygen atoms in total. The van der Waals surface area contributed by atoms with Crippen molar-refractivity contribution in [3.05, 3.63) is 47.5 Å². The molecule has 0 radical (unpaired) electrons. The number of nitrogens with one attached hydrogen (secondary N) is 2. The second-order valence-electron chi connectivity index (χ2n) is 5.77. The van der Waals surface area contributed by atoms with Gasteiger partial charge in [-0.25, -0.2) is 4.98 Å². The third kappa shape index (κ3) is 2.59. The van der Waals surface area contributed by atoms with Gasteiger partial charge in [0.1, 0.15) is 0 Å². The van der Waals surface area contributed by atoms with Crippen molar-refractivity contribution in [3.8, 4) is 0 Å². The van der Waals surface area contributed by atoms with Crippen molar-refractivity contribution < 1.29 is 9.90 Å². The SMILES string of the molecule is O=C(NCc1ccc2nc[nH]c2c1)c1cc2n(n1)CCCC2O. The van der Waals surface area contributed by atoms with Crippen LogP contribution in [-0.2, 0) is 13.1 Å². The smallest absolute Gasteiger partial charge is 0.272 e. The number of H-pyrrole nitrogens is 1. The molecule has 4 rings (SSSR count). The third-order valence-electron chi connectivity index (χ3n) is 4.17. The largest absolute Gasteiger partial charge is 0.387 e. The molecular weight excluding hydrogens is 294 g/mol. The summed E-state index contributed by atoms with van der Waals surface area (Å²) in [5, 5.41) is 17.1. The van der Waals surface area contributed by atoms with E-state index in [4.69, 9.17) is 0 Å². The van der Waals surface area contributed by atoms with E-state index in [1.165, 1.54) is 0 Å². The summed E-state index contributed by atoms with van der Waals surface area (Å²) in [5.74, 6) is -0.233. The van der Waals surface area contributed by atoms with Crippen LogP contribution in [-0.4, -0.2) is 30.8 Å². The first kappa shape index (κ1) is 14.0. The van der Waals surface area contributed by atoms with E-state index in [2.05, 4.69) is 20.4 Å². The van der Waals surface area contributed by atoms with Crippen LogP contribution in [0.4, 0.5) is 0 Å². The van der Waals surface area contributed by atoms with E-state index in [1.54, 1.807) is 17.1 Å². The fourth-order valence-corrected chi connectivity index (χ4v) is 2.94. The second kappa shape index (κ2) is 5.51. The van der Waals surface area contributed by atoms with Crippen molar-refractivity contribution in [2.45, 2.75) is 32.0 Å². The Hall–Kier alpha value is -2.67. The maximum absolute atomic E-state index is 12.3. The molecule has 0 spiro atoms. The Morgan fingerprint density at radius 2 is 2.35 bits per heavy atom. The first-order chi connectivity index (χ1) is 11.2. The molecule has 3 heterocycles. The molecular formula is C16H17N5O2. The maximum Gasteiger partial charge on any atom is 0.272 e. The van der Waals surface area contributed by atoms with E-state index in [0.717, 1.165) is 41.7 Å². The summed E-state index contributed by atoms with van der Waals surface area (Å²) in [6, 6.07) is 7.49. The number of aliphatic hydroxyl groups is 1. The van der Waals surface area contributed by atoms with Crippen molar-refractivity contribution >= 4 is 16.9 Å². The summed E-state index contributed by atoms with van der Waals surface area (Å²) >= 11 is 0. The Kier molecular flexibility index (Phi) is 3.34. The molecule has 3 aromatic rings. The number of aliphatic hydroxyl groups excluding tert-OH is 1. The van der Waals surface area contributed by atoms with Gasteiger partial charge in [-0.2, -0.15) is 5.10 Å². The lowest BCUT2D eigenvalue weighted by molar-refractivity contribution is 0.0944. The van der Waals surface area contributed by atoms with Crippen LogP contribution < -0.4 is 5.32 Å². The predicted molar refractivity (Wildman–Crippen MR) is 83.7 cm³/mol. The zero-order chi connectivity index (χ0) is 15.8. The van der Waals surface area contributed by atoms with E-state index in [0.29, 0.717) is 12.2 Å². The molecule has 1 aliphatic rings. The van der Waals surface area contributed by atoms with Crippen molar-refractivity contribution in [1.82, 2.24) is 25.1 Å². The summed E-state index contributed by atoms with van der Waals surface area (Å²) < 4.78 is 1.72. The lowest BCUT2D eigenvalue weighted by atomic mass is 10.1. The summed E-state index contributed by atoms with van der Waals surface area (Å²) in [5.41, 5.74) is 3.90. The van der Waals surface area contributed by atoms with Gasteiger partial charge in [0, 0.05) is 13.1 Å². The van der Waals surface area contributed by atoms with Crippen LogP contribution in [0.1, 0.15) is 40.7 Å². The lowest BCUT2D eigenvalue weighted by Gasteiger charge is -2.18. The Balaban J connectivity index is 1.47. The summed E-state index contributed by atoms with van der Waals surface area (Å²) in [6.45, 7) is 1.16. The third-order valence-corrected chi connectivity index (χ3v) is 4.17. The molecule has 1 unspecified atom stereocenters. The summed E-state index contributed by atoms with van der Waals surface area (Å²) in [7, 11) is 0. The number of aryl methyl sites for hydroxylation is 1. The zero-order valence-corrected chi connectivity index (χ0v) is 12.5. The second-order valence-corrected chi connectivity index (χ2v) is 5.77. The normalized spacial score (nSPS) is 17.2. The van der Waals surface area contributed by atoms with Gasteiger partial charge in [-0.1, -0.05) is 6.07 Å². The van der Waals surface area contributed by atoms with Crippen LogP contribution in [0.15, 0.2) is 30.6 Å². The van der Waals surface area contributed by atoms with E-state index in [9.17, 15) is 9.90 Å². The first-order valence-electron chi connectivity index (χ1n) is 7.67. The van der Waals surface area contributed by atoms with E-state index >= 15 is 0 Å². The number of aromatic amines is 1. The molecule has 1 atom stereocenters. The Morgan fingerprint density at radius 3 is 3.22 bits per heavy atom. The minimum atomic E-state index is -0.527. The number of fused-ring (bicyclic) bond motifs is 2. The van der Waals surface area contributed by atoms with Crippen molar-refractivity contribution in [3.63, 3.8) is 0 Å². The van der Waals surface area contributed by atoms with Crippen LogP contribution in [0, 0.1) is 0 Å². The lowest BCUT2D eigenvalue weighted by Crippen LogP contribution is -2.23. The molecule has 2 aromatic heterocycles. The number of amides is 1. The number of aromatic nitrogens is 4. The Morgan fingerprint density at radius 1 is 1.43 bits per heavy atom. The number of hydrogen-bond donors (Lipinski definition) is 3. The van der Waals surface area contributed by atoms with Gasteiger partial charge in [0.05, 0.1) is 29.2 Å². The molecule has 0 aliphatic carbocycles. The van der Waals surface area contributed by atoms with Gasteiger partial charge in [-0.15, -0.1) is 0 Å². The molecule has 3 N–H and O–H groups in total. The Bertz CT molecular complexity index is 866. The monoisotopic (exact) mass is 311 g/mol. The number of carbonyl (C=O) groups excluding carboxylic acids is 1. The highest BCUT2D eigenvalue weighted by Crippen LogP contribution is 2.24. The molecule has 7 heteroatoms. The van der Waals surface area contributed by atoms with Crippen LogP contribution in [0.5, 0.6) is 0 Å². The fourth-order valence-electron chi connectivity index (χ4n) is 2.94. The number of imidazole rings is 1. The molecule has 1 aromatic carbocycles. The van der Waals surface area contributed by atoms with Crippen molar-refractivity contribution in [1.29, 1.82) is 0 Å². The number of rotatable bonds is 3.